The number of nitriles is 1. The molecule has 8 atom stereocenters. The van der Waals surface area contributed by atoms with Gasteiger partial charge in [0.15, 0.2) is 5.69 Å². The van der Waals surface area contributed by atoms with Gasteiger partial charge < -0.3 is 25.4 Å². The van der Waals surface area contributed by atoms with Gasteiger partial charge in [0.05, 0.1) is 6.07 Å². The molecule has 11 nitrogen and oxygen atoms in total. The Balaban J connectivity index is 1.38. The van der Waals surface area contributed by atoms with Crippen LogP contribution in [0.2, 0.25) is 0 Å². The predicted octanol–water partition coefficient (Wildman–Crippen LogP) is 1.31. The molecule has 0 spiro atoms. The summed E-state index contributed by atoms with van der Waals surface area (Å²) in [6.07, 6.45) is 6.13. The van der Waals surface area contributed by atoms with Crippen molar-refractivity contribution >= 4 is 23.6 Å². The third-order valence-electron chi connectivity index (χ3n) is 8.75. The molecule has 39 heavy (non-hydrogen) atoms. The smallest absolute Gasteiger partial charge is 0.274 e. The average Bonchev–Trinajstić information content (AvgIpc) is 3.69. The molecule has 4 amide bonds. The maximum Gasteiger partial charge on any atom is 0.274 e. The van der Waals surface area contributed by atoms with Gasteiger partial charge in [-0.05, 0) is 55.3 Å². The number of likely N-dealkylation sites (tertiary alicyclic amines) is 1. The largest absolute Gasteiger partial charge is 0.361 e. The van der Waals surface area contributed by atoms with E-state index in [0.29, 0.717) is 31.2 Å². The lowest BCUT2D eigenvalue weighted by Gasteiger charge is -2.36. The number of hydrogen-bond donors (Lipinski definition) is 3. The van der Waals surface area contributed by atoms with Gasteiger partial charge in [-0.3, -0.25) is 19.2 Å². The molecule has 4 aliphatic rings. The molecule has 0 unspecified atom stereocenters. The molecule has 1 aromatic heterocycles. The first-order valence-corrected chi connectivity index (χ1v) is 13.7. The topological polar surface area (TPSA) is 157 Å². The van der Waals surface area contributed by atoms with E-state index in [9.17, 15) is 24.4 Å². The van der Waals surface area contributed by atoms with Gasteiger partial charge in [-0.15, -0.1) is 0 Å². The molecule has 1 saturated carbocycles. The number of nitrogens with one attached hydrogen (secondary N) is 3. The van der Waals surface area contributed by atoms with Gasteiger partial charge in [-0.25, -0.2) is 0 Å². The Kier molecular flexibility index (Phi) is 6.99. The molecule has 2 aliphatic carbocycles. The van der Waals surface area contributed by atoms with Crippen molar-refractivity contribution in [1.82, 2.24) is 26.0 Å². The maximum absolute atomic E-state index is 14.2. The van der Waals surface area contributed by atoms with Crippen LogP contribution in [0.15, 0.2) is 22.7 Å². The summed E-state index contributed by atoms with van der Waals surface area (Å²) >= 11 is 0. The van der Waals surface area contributed by atoms with Crippen LogP contribution in [0.25, 0.3) is 0 Å². The first kappa shape index (κ1) is 26.9. The fourth-order valence-corrected chi connectivity index (χ4v) is 6.83. The fraction of sp³-hybridized carbons (Fsp3) is 0.643. The zero-order valence-corrected chi connectivity index (χ0v) is 22.8. The number of nitrogens with zero attached hydrogens (tertiary/aromatic N) is 3. The van der Waals surface area contributed by atoms with E-state index in [2.05, 4.69) is 39.3 Å². The van der Waals surface area contributed by atoms with Gasteiger partial charge in [0.2, 0.25) is 17.7 Å². The van der Waals surface area contributed by atoms with Crippen molar-refractivity contribution in [3.05, 3.63) is 29.7 Å². The monoisotopic (exact) mass is 536 g/mol. The Labute approximate surface area is 227 Å². The second-order valence-corrected chi connectivity index (χ2v) is 12.4. The first-order valence-electron chi connectivity index (χ1n) is 13.7. The van der Waals surface area contributed by atoms with Crippen molar-refractivity contribution in [2.75, 3.05) is 13.1 Å². The number of aromatic nitrogens is 1. The lowest BCUT2D eigenvalue weighted by molar-refractivity contribution is -0.143. The SMILES string of the molecule is Cc1cc(C(=O)N[C@H](C(=O)N2C[C@H]3[C@@H]([C@H]2C(=O)N[C@H](C#N)C[C@@H]2CCNC2=O)[C@H]2C=C[C@@H]3C2)C(C)(C)C)no1. The normalized spacial score (nSPS) is 30.4. The Morgan fingerprint density at radius 1 is 1.26 bits per heavy atom. The molecule has 2 saturated heterocycles. The number of rotatable bonds is 7. The molecule has 0 aromatic carbocycles. The molecule has 0 radical (unpaired) electrons. The molecular weight excluding hydrogens is 500 g/mol. The summed E-state index contributed by atoms with van der Waals surface area (Å²) in [5.41, 5.74) is -0.579. The molecular formula is C28H36N6O5. The van der Waals surface area contributed by atoms with Crippen LogP contribution in [0.3, 0.4) is 0 Å². The van der Waals surface area contributed by atoms with Crippen molar-refractivity contribution in [2.45, 2.75) is 65.1 Å². The van der Waals surface area contributed by atoms with E-state index in [1.807, 2.05) is 20.8 Å². The van der Waals surface area contributed by atoms with E-state index in [-0.39, 0.29) is 53.5 Å². The number of amides is 4. The van der Waals surface area contributed by atoms with Gasteiger partial charge >= 0.3 is 0 Å². The lowest BCUT2D eigenvalue weighted by Crippen LogP contribution is -2.59. The van der Waals surface area contributed by atoms with Crippen LogP contribution in [0, 0.1) is 53.3 Å². The number of allylic oxidation sites excluding steroid dienone is 2. The summed E-state index contributed by atoms with van der Waals surface area (Å²) in [6, 6.07) is 1.10. The molecule has 11 heteroatoms. The minimum absolute atomic E-state index is 0.0624. The van der Waals surface area contributed by atoms with Crippen LogP contribution in [0.1, 0.15) is 56.3 Å². The second-order valence-electron chi connectivity index (χ2n) is 12.4. The number of aryl methyl sites for hydroxylation is 1. The van der Waals surface area contributed by atoms with Gasteiger partial charge in [-0.2, -0.15) is 5.26 Å². The Morgan fingerprint density at radius 3 is 2.62 bits per heavy atom. The number of carbonyl (C=O) groups excluding carboxylic acids is 4. The highest BCUT2D eigenvalue weighted by Crippen LogP contribution is 2.54. The zero-order valence-electron chi connectivity index (χ0n) is 22.8. The molecule has 2 aliphatic heterocycles. The van der Waals surface area contributed by atoms with Crippen molar-refractivity contribution in [1.29, 1.82) is 5.26 Å². The highest BCUT2D eigenvalue weighted by molar-refractivity contribution is 5.98. The number of fused-ring (bicyclic) bond motifs is 5. The number of carbonyl (C=O) groups is 4. The Hall–Kier alpha value is -3.68. The van der Waals surface area contributed by atoms with Crippen molar-refractivity contribution in [3.63, 3.8) is 0 Å². The Bertz CT molecular complexity index is 1240. The van der Waals surface area contributed by atoms with E-state index in [1.165, 1.54) is 6.07 Å². The van der Waals surface area contributed by atoms with Gasteiger partial charge in [0, 0.05) is 25.1 Å². The molecule has 3 N–H and O–H groups in total. The standard InChI is InChI=1S/C28H36N6O5/c1-14-9-20(33-39-14)25(36)32-23(28(2,3)4)27(38)34-13-19-15-5-6-16(10-15)21(19)22(34)26(37)31-18(12-29)11-17-7-8-30-24(17)35/h5-6,9,15-19,21-23H,7-8,10-11,13H2,1-4H3,(H,30,35)(H,31,37)(H,32,36)/t15-,16+,17+,18+,19-,21+,22+,23-/m1/s1. The fourth-order valence-electron chi connectivity index (χ4n) is 6.83. The van der Waals surface area contributed by atoms with Crippen LogP contribution in [-0.4, -0.2) is 64.9 Å². The van der Waals surface area contributed by atoms with Crippen LogP contribution in [-0.2, 0) is 14.4 Å². The lowest BCUT2D eigenvalue weighted by atomic mass is 9.81. The quantitative estimate of drug-likeness (QED) is 0.443. The maximum atomic E-state index is 14.2. The summed E-state index contributed by atoms with van der Waals surface area (Å²) in [4.78, 5) is 54.7. The molecule has 1 aromatic rings. The third kappa shape index (κ3) is 5.04. The van der Waals surface area contributed by atoms with Crippen LogP contribution < -0.4 is 16.0 Å². The molecule has 3 fully saturated rings. The van der Waals surface area contributed by atoms with Gasteiger partial charge in [0.1, 0.15) is 23.9 Å². The zero-order chi connectivity index (χ0) is 28.1. The second kappa shape index (κ2) is 10.1. The third-order valence-corrected chi connectivity index (χ3v) is 8.75. The van der Waals surface area contributed by atoms with Crippen molar-refractivity contribution in [2.24, 2.45) is 35.0 Å². The van der Waals surface area contributed by atoms with Gasteiger partial charge in [0.25, 0.3) is 5.91 Å². The first-order chi connectivity index (χ1) is 18.5. The summed E-state index contributed by atoms with van der Waals surface area (Å²) < 4.78 is 5.03. The molecule has 208 valence electrons. The van der Waals surface area contributed by atoms with Crippen molar-refractivity contribution in [3.8, 4) is 6.07 Å². The van der Waals surface area contributed by atoms with Crippen LogP contribution in [0.5, 0.6) is 0 Å². The average molecular weight is 537 g/mol. The molecule has 5 rings (SSSR count). The van der Waals surface area contributed by atoms with Crippen molar-refractivity contribution < 1.29 is 23.7 Å². The molecule has 3 heterocycles. The van der Waals surface area contributed by atoms with E-state index < -0.39 is 29.4 Å². The summed E-state index contributed by atoms with van der Waals surface area (Å²) in [7, 11) is 0. The van der Waals surface area contributed by atoms with E-state index in [1.54, 1.807) is 11.8 Å². The highest BCUT2D eigenvalue weighted by Gasteiger charge is 2.59. The van der Waals surface area contributed by atoms with E-state index in [4.69, 9.17) is 4.52 Å². The van der Waals surface area contributed by atoms with E-state index >= 15 is 0 Å². The van der Waals surface area contributed by atoms with Crippen LogP contribution >= 0.6 is 0 Å². The van der Waals surface area contributed by atoms with Gasteiger partial charge in [-0.1, -0.05) is 38.1 Å². The highest BCUT2D eigenvalue weighted by atomic mass is 16.5. The number of hydrogen-bond acceptors (Lipinski definition) is 7. The summed E-state index contributed by atoms with van der Waals surface area (Å²) in [5.74, 6) is -0.654. The Morgan fingerprint density at radius 2 is 2.00 bits per heavy atom. The summed E-state index contributed by atoms with van der Waals surface area (Å²) in [5, 5.41) is 22.0. The molecule has 2 bridgehead atoms. The van der Waals surface area contributed by atoms with Crippen LogP contribution in [0.4, 0.5) is 0 Å². The predicted molar refractivity (Wildman–Crippen MR) is 138 cm³/mol. The van der Waals surface area contributed by atoms with E-state index in [0.717, 1.165) is 6.42 Å². The minimum Gasteiger partial charge on any atom is -0.361 e. The summed E-state index contributed by atoms with van der Waals surface area (Å²) in [6.45, 7) is 8.23. The minimum atomic E-state index is -0.921.